The zero-order chi connectivity index (χ0) is 19.9. The van der Waals surface area contributed by atoms with Crippen LogP contribution < -0.4 is 5.32 Å². The summed E-state index contributed by atoms with van der Waals surface area (Å²) in [5.74, 6) is -0.109. The molecule has 5 nitrogen and oxygen atoms in total. The monoisotopic (exact) mass is 376 g/mol. The number of anilines is 1. The number of nitrogens with zero attached hydrogens (tertiary/aromatic N) is 1. The van der Waals surface area contributed by atoms with Crippen molar-refractivity contribution in [3.8, 4) is 0 Å². The van der Waals surface area contributed by atoms with Gasteiger partial charge in [0.15, 0.2) is 5.76 Å². The Bertz CT molecular complexity index is 903. The summed E-state index contributed by atoms with van der Waals surface area (Å²) in [4.78, 5) is 27.0. The van der Waals surface area contributed by atoms with E-state index in [1.807, 2.05) is 35.2 Å². The molecule has 2 aromatic carbocycles. The summed E-state index contributed by atoms with van der Waals surface area (Å²) in [6, 6.07) is 20.3. The Hall–Kier alpha value is -3.34. The molecule has 0 spiro atoms. The van der Waals surface area contributed by atoms with Gasteiger partial charge in [-0.05, 0) is 55.3 Å². The molecule has 0 saturated carbocycles. The maximum absolute atomic E-state index is 13.1. The first kappa shape index (κ1) is 19.4. The second-order valence-corrected chi connectivity index (χ2v) is 6.68. The SMILES string of the molecule is CCC(C)N(Cc1ccccc1)C(=O)c1ccc(NC(=O)c2ccco2)cc1. The Morgan fingerprint density at radius 3 is 2.32 bits per heavy atom. The van der Waals surface area contributed by atoms with Crippen LogP contribution in [0.1, 0.15) is 46.7 Å². The number of hydrogen-bond donors (Lipinski definition) is 1. The molecule has 3 rings (SSSR count). The van der Waals surface area contributed by atoms with Gasteiger partial charge in [-0.3, -0.25) is 9.59 Å². The van der Waals surface area contributed by atoms with Crippen LogP contribution in [-0.4, -0.2) is 22.8 Å². The summed E-state index contributed by atoms with van der Waals surface area (Å²) < 4.78 is 5.08. The van der Waals surface area contributed by atoms with Crippen LogP contribution in [0.3, 0.4) is 0 Å². The van der Waals surface area contributed by atoms with E-state index in [0.29, 0.717) is 17.8 Å². The maximum atomic E-state index is 13.1. The van der Waals surface area contributed by atoms with Crippen molar-refractivity contribution in [3.63, 3.8) is 0 Å². The Kier molecular flexibility index (Phi) is 6.27. The van der Waals surface area contributed by atoms with E-state index in [9.17, 15) is 9.59 Å². The van der Waals surface area contributed by atoms with E-state index in [0.717, 1.165) is 12.0 Å². The van der Waals surface area contributed by atoms with Crippen molar-refractivity contribution >= 4 is 17.5 Å². The highest BCUT2D eigenvalue weighted by Crippen LogP contribution is 2.18. The average molecular weight is 376 g/mol. The summed E-state index contributed by atoms with van der Waals surface area (Å²) in [6.45, 7) is 4.69. The van der Waals surface area contributed by atoms with Gasteiger partial charge >= 0.3 is 0 Å². The minimum Gasteiger partial charge on any atom is -0.459 e. The number of amides is 2. The van der Waals surface area contributed by atoms with E-state index in [1.165, 1.54) is 6.26 Å². The molecule has 0 radical (unpaired) electrons. The fraction of sp³-hybridized carbons (Fsp3) is 0.217. The average Bonchev–Trinajstić information content (AvgIpc) is 3.27. The van der Waals surface area contributed by atoms with Crippen LogP contribution in [0, 0.1) is 0 Å². The smallest absolute Gasteiger partial charge is 0.291 e. The van der Waals surface area contributed by atoms with Crippen LogP contribution in [0.4, 0.5) is 5.69 Å². The summed E-state index contributed by atoms with van der Waals surface area (Å²) >= 11 is 0. The van der Waals surface area contributed by atoms with Crippen molar-refractivity contribution < 1.29 is 14.0 Å². The summed E-state index contributed by atoms with van der Waals surface area (Å²) in [7, 11) is 0. The Labute approximate surface area is 165 Å². The lowest BCUT2D eigenvalue weighted by atomic mass is 10.1. The number of carbonyl (C=O) groups is 2. The van der Waals surface area contributed by atoms with Crippen molar-refractivity contribution in [1.29, 1.82) is 0 Å². The van der Waals surface area contributed by atoms with E-state index in [2.05, 4.69) is 19.2 Å². The highest BCUT2D eigenvalue weighted by Gasteiger charge is 2.21. The third-order valence-corrected chi connectivity index (χ3v) is 4.71. The van der Waals surface area contributed by atoms with Gasteiger partial charge in [-0.15, -0.1) is 0 Å². The molecule has 1 aromatic heterocycles. The lowest BCUT2D eigenvalue weighted by Gasteiger charge is -2.29. The van der Waals surface area contributed by atoms with Crippen molar-refractivity contribution in [2.45, 2.75) is 32.9 Å². The number of rotatable bonds is 7. The number of benzene rings is 2. The van der Waals surface area contributed by atoms with Crippen LogP contribution in [-0.2, 0) is 6.54 Å². The molecule has 1 N–H and O–H groups in total. The second kappa shape index (κ2) is 9.04. The van der Waals surface area contributed by atoms with Gasteiger partial charge in [-0.25, -0.2) is 0 Å². The Morgan fingerprint density at radius 1 is 1.00 bits per heavy atom. The molecule has 0 aliphatic carbocycles. The van der Waals surface area contributed by atoms with E-state index in [1.54, 1.807) is 36.4 Å². The molecular formula is C23H24N2O3. The standard InChI is InChI=1S/C23H24N2O3/c1-3-17(2)25(16-18-8-5-4-6-9-18)23(27)19-11-13-20(14-12-19)24-22(26)21-10-7-15-28-21/h4-15,17H,3,16H2,1-2H3,(H,24,26). The lowest BCUT2D eigenvalue weighted by molar-refractivity contribution is 0.0671. The molecule has 3 aromatic rings. The van der Waals surface area contributed by atoms with E-state index >= 15 is 0 Å². The van der Waals surface area contributed by atoms with Gasteiger partial charge in [-0.2, -0.15) is 0 Å². The zero-order valence-electron chi connectivity index (χ0n) is 16.1. The van der Waals surface area contributed by atoms with Crippen molar-refractivity contribution in [1.82, 2.24) is 4.90 Å². The van der Waals surface area contributed by atoms with Crippen LogP contribution in [0.2, 0.25) is 0 Å². The van der Waals surface area contributed by atoms with Crippen LogP contribution in [0.5, 0.6) is 0 Å². The molecule has 0 fully saturated rings. The second-order valence-electron chi connectivity index (χ2n) is 6.68. The first-order valence-electron chi connectivity index (χ1n) is 9.38. The molecule has 0 saturated heterocycles. The zero-order valence-corrected chi connectivity index (χ0v) is 16.1. The van der Waals surface area contributed by atoms with Gasteiger partial charge in [0.2, 0.25) is 0 Å². The maximum Gasteiger partial charge on any atom is 0.291 e. The Morgan fingerprint density at radius 2 is 1.71 bits per heavy atom. The predicted octanol–water partition coefficient (Wildman–Crippen LogP) is 4.97. The normalized spacial score (nSPS) is 11.6. The fourth-order valence-corrected chi connectivity index (χ4v) is 2.89. The van der Waals surface area contributed by atoms with Gasteiger partial charge in [0, 0.05) is 23.8 Å². The quantitative estimate of drug-likeness (QED) is 0.633. The van der Waals surface area contributed by atoms with Crippen LogP contribution in [0.15, 0.2) is 77.4 Å². The minimum atomic E-state index is -0.325. The molecule has 144 valence electrons. The molecule has 28 heavy (non-hydrogen) atoms. The van der Waals surface area contributed by atoms with E-state index in [4.69, 9.17) is 4.42 Å². The first-order valence-corrected chi connectivity index (χ1v) is 9.38. The fourth-order valence-electron chi connectivity index (χ4n) is 2.89. The highest BCUT2D eigenvalue weighted by molar-refractivity contribution is 6.02. The lowest BCUT2D eigenvalue weighted by Crippen LogP contribution is -2.37. The van der Waals surface area contributed by atoms with Crippen LogP contribution >= 0.6 is 0 Å². The van der Waals surface area contributed by atoms with Gasteiger partial charge in [0.25, 0.3) is 11.8 Å². The third-order valence-electron chi connectivity index (χ3n) is 4.71. The van der Waals surface area contributed by atoms with Crippen molar-refractivity contribution in [2.24, 2.45) is 0 Å². The molecule has 1 atom stereocenters. The summed E-state index contributed by atoms with van der Waals surface area (Å²) in [5, 5.41) is 2.76. The largest absolute Gasteiger partial charge is 0.459 e. The Balaban J connectivity index is 1.72. The predicted molar refractivity (Wildman–Crippen MR) is 109 cm³/mol. The topological polar surface area (TPSA) is 62.6 Å². The minimum absolute atomic E-state index is 0.0258. The molecule has 1 heterocycles. The number of nitrogens with one attached hydrogen (secondary N) is 1. The third kappa shape index (κ3) is 4.68. The van der Waals surface area contributed by atoms with Gasteiger partial charge in [0.05, 0.1) is 6.26 Å². The molecule has 5 heteroatoms. The van der Waals surface area contributed by atoms with Gasteiger partial charge < -0.3 is 14.6 Å². The molecule has 2 amide bonds. The van der Waals surface area contributed by atoms with Gasteiger partial charge in [-0.1, -0.05) is 37.3 Å². The van der Waals surface area contributed by atoms with E-state index < -0.39 is 0 Å². The van der Waals surface area contributed by atoms with Crippen molar-refractivity contribution in [3.05, 3.63) is 89.9 Å². The number of furan rings is 1. The number of carbonyl (C=O) groups excluding carboxylic acids is 2. The summed E-state index contributed by atoms with van der Waals surface area (Å²) in [5.41, 5.74) is 2.29. The molecule has 0 aliphatic heterocycles. The van der Waals surface area contributed by atoms with E-state index in [-0.39, 0.29) is 23.6 Å². The van der Waals surface area contributed by atoms with Crippen LogP contribution in [0.25, 0.3) is 0 Å². The molecular weight excluding hydrogens is 352 g/mol. The molecule has 0 bridgehead atoms. The number of hydrogen-bond acceptors (Lipinski definition) is 3. The molecule has 1 unspecified atom stereocenters. The highest BCUT2D eigenvalue weighted by atomic mass is 16.3. The summed E-state index contributed by atoms with van der Waals surface area (Å²) in [6.07, 6.45) is 2.32. The first-order chi connectivity index (χ1) is 13.6. The van der Waals surface area contributed by atoms with Crippen molar-refractivity contribution in [2.75, 3.05) is 5.32 Å². The molecule has 0 aliphatic rings. The van der Waals surface area contributed by atoms with Gasteiger partial charge in [0.1, 0.15) is 0 Å².